The molecule has 2 fully saturated rings. The maximum Gasteiger partial charge on any atom is 0.264 e. The van der Waals surface area contributed by atoms with E-state index in [1.54, 1.807) is 6.07 Å². The first-order valence-corrected chi connectivity index (χ1v) is 8.80. The number of carbonyl (C=O) groups is 1. The lowest BCUT2D eigenvalue weighted by atomic mass is 10.2. The van der Waals surface area contributed by atoms with E-state index in [0.717, 1.165) is 50.6 Å². The van der Waals surface area contributed by atoms with Crippen molar-refractivity contribution < 1.29 is 9.53 Å². The van der Waals surface area contributed by atoms with Crippen LogP contribution in [0.3, 0.4) is 0 Å². The van der Waals surface area contributed by atoms with Crippen LogP contribution in [0.5, 0.6) is 0 Å². The second-order valence-corrected chi connectivity index (χ2v) is 7.40. The van der Waals surface area contributed by atoms with Crippen molar-refractivity contribution in [3.8, 4) is 0 Å². The van der Waals surface area contributed by atoms with Crippen LogP contribution < -0.4 is 0 Å². The zero-order valence-corrected chi connectivity index (χ0v) is 13.7. The van der Waals surface area contributed by atoms with E-state index in [1.165, 1.54) is 24.2 Å². The lowest BCUT2D eigenvalue weighted by molar-refractivity contribution is 0.0706. The summed E-state index contributed by atoms with van der Waals surface area (Å²) in [6, 6.07) is 3.62. The minimum absolute atomic E-state index is 0.117. The highest BCUT2D eigenvalue weighted by molar-refractivity contribution is 7.17. The fraction of sp³-hybridized carbons (Fsp3) is 0.667. The fourth-order valence-electron chi connectivity index (χ4n) is 3.02. The van der Waals surface area contributed by atoms with Gasteiger partial charge >= 0.3 is 0 Å². The largest absolute Gasteiger partial charge is 0.377 e. The molecule has 1 unspecified atom stereocenters. The Morgan fingerprint density at radius 2 is 2.19 bits per heavy atom. The predicted molar refractivity (Wildman–Crippen MR) is 85.3 cm³/mol. The number of nitrogens with zero attached hydrogens (tertiary/aromatic N) is 2. The highest BCUT2D eigenvalue weighted by Crippen LogP contribution is 2.23. The summed E-state index contributed by atoms with van der Waals surface area (Å²) in [5.74, 6) is 0.117. The molecule has 2 aliphatic heterocycles. The van der Waals surface area contributed by atoms with Crippen molar-refractivity contribution in [3.05, 3.63) is 21.3 Å². The van der Waals surface area contributed by atoms with Gasteiger partial charge in [-0.25, -0.2) is 0 Å². The van der Waals surface area contributed by atoms with E-state index in [0.29, 0.717) is 10.4 Å². The predicted octanol–water partition coefficient (Wildman–Crippen LogP) is 2.73. The minimum atomic E-state index is 0.117. The standard InChI is InChI=1S/C15H21ClN2O2S/c16-14-5-4-13(21-14)15(19)18-7-2-6-17(8-9-18)11-12-3-1-10-20-12/h4-5,12H,1-3,6-11H2. The summed E-state index contributed by atoms with van der Waals surface area (Å²) in [6.07, 6.45) is 3.77. The normalized spacial score (nSPS) is 24.2. The van der Waals surface area contributed by atoms with Gasteiger partial charge in [-0.05, 0) is 37.9 Å². The lowest BCUT2D eigenvalue weighted by Gasteiger charge is -2.23. The molecule has 0 radical (unpaired) electrons. The molecule has 0 spiro atoms. The molecule has 21 heavy (non-hydrogen) atoms. The van der Waals surface area contributed by atoms with Crippen LogP contribution in [-0.4, -0.2) is 61.1 Å². The van der Waals surface area contributed by atoms with Crippen LogP contribution in [-0.2, 0) is 4.74 Å². The number of hydrogen-bond donors (Lipinski definition) is 0. The van der Waals surface area contributed by atoms with Crippen molar-refractivity contribution in [3.63, 3.8) is 0 Å². The van der Waals surface area contributed by atoms with Gasteiger partial charge in [-0.1, -0.05) is 11.6 Å². The smallest absolute Gasteiger partial charge is 0.264 e. The third kappa shape index (κ3) is 3.97. The Kier molecular flexibility index (Phi) is 5.16. The Morgan fingerprint density at radius 1 is 1.29 bits per heavy atom. The summed E-state index contributed by atoms with van der Waals surface area (Å²) in [6.45, 7) is 5.52. The second-order valence-electron chi connectivity index (χ2n) is 5.69. The third-order valence-corrected chi connectivity index (χ3v) is 5.36. The van der Waals surface area contributed by atoms with Crippen molar-refractivity contribution >= 4 is 28.8 Å². The van der Waals surface area contributed by atoms with E-state index >= 15 is 0 Å². The minimum Gasteiger partial charge on any atom is -0.377 e. The van der Waals surface area contributed by atoms with E-state index in [9.17, 15) is 4.79 Å². The van der Waals surface area contributed by atoms with Gasteiger partial charge in [0.05, 0.1) is 15.3 Å². The summed E-state index contributed by atoms with van der Waals surface area (Å²) in [7, 11) is 0. The van der Waals surface area contributed by atoms with E-state index in [4.69, 9.17) is 16.3 Å². The van der Waals surface area contributed by atoms with Crippen LogP contribution in [0.15, 0.2) is 12.1 Å². The molecule has 6 heteroatoms. The summed E-state index contributed by atoms with van der Waals surface area (Å²) in [4.78, 5) is 17.6. The van der Waals surface area contributed by atoms with Gasteiger partial charge in [0.15, 0.2) is 0 Å². The molecule has 3 rings (SSSR count). The summed E-state index contributed by atoms with van der Waals surface area (Å²) < 4.78 is 6.38. The second kappa shape index (κ2) is 7.09. The van der Waals surface area contributed by atoms with Gasteiger partial charge < -0.3 is 9.64 Å². The monoisotopic (exact) mass is 328 g/mol. The lowest BCUT2D eigenvalue weighted by Crippen LogP contribution is -2.37. The van der Waals surface area contributed by atoms with E-state index < -0.39 is 0 Å². The molecule has 2 aliphatic rings. The molecule has 0 N–H and O–H groups in total. The number of thiophene rings is 1. The topological polar surface area (TPSA) is 32.8 Å². The fourth-order valence-corrected chi connectivity index (χ4v) is 4.03. The van der Waals surface area contributed by atoms with Crippen LogP contribution in [0.1, 0.15) is 28.9 Å². The number of rotatable bonds is 3. The maximum absolute atomic E-state index is 12.5. The number of hydrogen-bond acceptors (Lipinski definition) is 4. The Balaban J connectivity index is 1.53. The first kappa shape index (κ1) is 15.3. The molecule has 116 valence electrons. The molecule has 3 heterocycles. The molecule has 1 aromatic rings. The molecule has 1 atom stereocenters. The summed E-state index contributed by atoms with van der Waals surface area (Å²) >= 11 is 7.28. The van der Waals surface area contributed by atoms with Crippen molar-refractivity contribution in [1.29, 1.82) is 0 Å². The highest BCUT2D eigenvalue weighted by Gasteiger charge is 2.24. The molecular formula is C15H21ClN2O2S. The molecule has 4 nitrogen and oxygen atoms in total. The Hall–Kier alpha value is -0.620. The van der Waals surface area contributed by atoms with Crippen LogP contribution in [0.4, 0.5) is 0 Å². The van der Waals surface area contributed by atoms with Crippen LogP contribution in [0, 0.1) is 0 Å². The zero-order chi connectivity index (χ0) is 14.7. The van der Waals surface area contributed by atoms with E-state index in [2.05, 4.69) is 4.90 Å². The van der Waals surface area contributed by atoms with Gasteiger partial charge in [-0.15, -0.1) is 11.3 Å². The van der Waals surface area contributed by atoms with Gasteiger partial charge in [-0.2, -0.15) is 0 Å². The maximum atomic E-state index is 12.5. The van der Waals surface area contributed by atoms with E-state index in [-0.39, 0.29) is 5.91 Å². The molecule has 0 bridgehead atoms. The van der Waals surface area contributed by atoms with Crippen LogP contribution in [0.2, 0.25) is 4.34 Å². The summed E-state index contributed by atoms with van der Waals surface area (Å²) in [5, 5.41) is 0. The number of amides is 1. The SMILES string of the molecule is O=C(c1ccc(Cl)s1)N1CCCN(CC2CCCO2)CC1. The van der Waals surface area contributed by atoms with Crippen molar-refractivity contribution in [1.82, 2.24) is 9.80 Å². The van der Waals surface area contributed by atoms with Crippen molar-refractivity contribution in [2.75, 3.05) is 39.3 Å². The van der Waals surface area contributed by atoms with Crippen LogP contribution in [0.25, 0.3) is 0 Å². The molecule has 0 aromatic carbocycles. The molecule has 2 saturated heterocycles. The Bertz CT molecular complexity index is 488. The molecular weight excluding hydrogens is 308 g/mol. The van der Waals surface area contributed by atoms with Crippen molar-refractivity contribution in [2.24, 2.45) is 0 Å². The zero-order valence-electron chi connectivity index (χ0n) is 12.1. The van der Waals surface area contributed by atoms with Gasteiger partial charge in [-0.3, -0.25) is 9.69 Å². The van der Waals surface area contributed by atoms with Gasteiger partial charge in [0.2, 0.25) is 0 Å². The van der Waals surface area contributed by atoms with E-state index in [1.807, 2.05) is 11.0 Å². The van der Waals surface area contributed by atoms with Crippen molar-refractivity contribution in [2.45, 2.75) is 25.4 Å². The van der Waals surface area contributed by atoms with Gasteiger partial charge in [0.25, 0.3) is 5.91 Å². The summed E-state index contributed by atoms with van der Waals surface area (Å²) in [5.41, 5.74) is 0. The first-order valence-electron chi connectivity index (χ1n) is 7.61. The Labute approximate surface area is 134 Å². The Morgan fingerprint density at radius 3 is 2.90 bits per heavy atom. The number of carbonyl (C=O) groups excluding carboxylic acids is 1. The highest BCUT2D eigenvalue weighted by atomic mass is 35.5. The molecule has 0 aliphatic carbocycles. The number of ether oxygens (including phenoxy) is 1. The number of halogens is 1. The van der Waals surface area contributed by atoms with Gasteiger partial charge in [0, 0.05) is 32.8 Å². The first-order chi connectivity index (χ1) is 10.2. The molecule has 0 saturated carbocycles. The van der Waals surface area contributed by atoms with Crippen LogP contribution >= 0.6 is 22.9 Å². The molecule has 1 aromatic heterocycles. The third-order valence-electron chi connectivity index (χ3n) is 4.15. The quantitative estimate of drug-likeness (QED) is 0.855. The average Bonchev–Trinajstić information content (AvgIpc) is 3.07. The average molecular weight is 329 g/mol. The van der Waals surface area contributed by atoms with Gasteiger partial charge in [0.1, 0.15) is 0 Å². The molecule has 1 amide bonds.